The number of benzene rings is 2. The van der Waals surface area contributed by atoms with Crippen molar-refractivity contribution in [2.24, 2.45) is 0 Å². The highest BCUT2D eigenvalue weighted by molar-refractivity contribution is 6.32. The lowest BCUT2D eigenvalue weighted by Gasteiger charge is -2.23. The van der Waals surface area contributed by atoms with Crippen LogP contribution in [0, 0.1) is 0 Å². The summed E-state index contributed by atoms with van der Waals surface area (Å²) in [5, 5.41) is 3.69. The molecule has 0 bridgehead atoms. The quantitative estimate of drug-likeness (QED) is 0.641. The van der Waals surface area contributed by atoms with Crippen LogP contribution in [0.5, 0.6) is 17.2 Å². The van der Waals surface area contributed by atoms with Gasteiger partial charge in [0.15, 0.2) is 11.5 Å². The second kappa shape index (κ2) is 10.3. The summed E-state index contributed by atoms with van der Waals surface area (Å²) in [4.78, 5) is 14.5. The molecule has 0 atom stereocenters. The fourth-order valence-corrected chi connectivity index (χ4v) is 3.58. The predicted molar refractivity (Wildman–Crippen MR) is 117 cm³/mol. The molecule has 0 heterocycles. The van der Waals surface area contributed by atoms with Crippen LogP contribution in [0.15, 0.2) is 24.3 Å². The highest BCUT2D eigenvalue weighted by Crippen LogP contribution is 2.40. The molecule has 2 amide bonds. The van der Waals surface area contributed by atoms with E-state index in [1.165, 1.54) is 0 Å². The Balaban J connectivity index is 2.28. The molecule has 0 saturated carbocycles. The second-order valence-electron chi connectivity index (χ2n) is 6.55. The summed E-state index contributed by atoms with van der Waals surface area (Å²) in [5.74, 6) is 1.61. The fraction of sp³-hybridized carbons (Fsp3) is 0.409. The van der Waals surface area contributed by atoms with E-state index in [2.05, 4.69) is 12.2 Å². The molecule has 2 aromatic carbocycles. The Hall–Kier alpha value is -2.60. The number of anilines is 1. The Morgan fingerprint density at radius 3 is 2.17 bits per heavy atom. The molecule has 6 nitrogen and oxygen atoms in total. The van der Waals surface area contributed by atoms with Gasteiger partial charge in [0.05, 0.1) is 33.6 Å². The number of methoxy groups -OCH3 is 3. The lowest BCUT2D eigenvalue weighted by Crippen LogP contribution is -2.31. The first kappa shape index (κ1) is 22.7. The number of hydrogen-bond acceptors (Lipinski definition) is 4. The molecule has 0 radical (unpaired) electrons. The Morgan fingerprint density at radius 2 is 1.62 bits per heavy atom. The van der Waals surface area contributed by atoms with E-state index in [-0.39, 0.29) is 6.03 Å². The molecule has 158 valence electrons. The number of rotatable bonds is 8. The van der Waals surface area contributed by atoms with Gasteiger partial charge < -0.3 is 24.4 Å². The van der Waals surface area contributed by atoms with E-state index < -0.39 is 0 Å². The van der Waals surface area contributed by atoms with E-state index in [1.807, 2.05) is 25.1 Å². The SMILES string of the molecule is CCc1ccc(Cl)c(CC)c1NC(=O)N(C)Cc1ccc(OC)c(OC)c1OC. The number of carbonyl (C=O) groups excluding carboxylic acids is 1. The minimum absolute atomic E-state index is 0.228. The molecule has 2 rings (SSSR count). The molecule has 0 aliphatic heterocycles. The molecule has 2 aromatic rings. The van der Waals surface area contributed by atoms with Gasteiger partial charge in [-0.1, -0.05) is 31.5 Å². The number of halogens is 1. The van der Waals surface area contributed by atoms with Gasteiger partial charge in [0.1, 0.15) is 0 Å². The number of ether oxygens (including phenoxy) is 3. The minimum Gasteiger partial charge on any atom is -0.493 e. The summed E-state index contributed by atoms with van der Waals surface area (Å²) < 4.78 is 16.3. The van der Waals surface area contributed by atoms with Crippen LogP contribution >= 0.6 is 11.6 Å². The summed E-state index contributed by atoms with van der Waals surface area (Å²) in [5.41, 5.74) is 3.59. The summed E-state index contributed by atoms with van der Waals surface area (Å²) >= 11 is 6.35. The van der Waals surface area contributed by atoms with E-state index in [4.69, 9.17) is 25.8 Å². The van der Waals surface area contributed by atoms with Crippen molar-refractivity contribution in [3.63, 3.8) is 0 Å². The number of nitrogens with one attached hydrogen (secondary N) is 1. The van der Waals surface area contributed by atoms with Crippen LogP contribution in [0.1, 0.15) is 30.5 Å². The summed E-state index contributed by atoms with van der Waals surface area (Å²) in [7, 11) is 6.41. The van der Waals surface area contributed by atoms with Gasteiger partial charge in [0.2, 0.25) is 5.75 Å². The maximum absolute atomic E-state index is 12.9. The highest BCUT2D eigenvalue weighted by Gasteiger charge is 2.20. The molecule has 0 fully saturated rings. The largest absolute Gasteiger partial charge is 0.493 e. The van der Waals surface area contributed by atoms with E-state index in [1.54, 1.807) is 39.3 Å². The number of carbonyl (C=O) groups is 1. The van der Waals surface area contributed by atoms with Crippen molar-refractivity contribution in [2.75, 3.05) is 33.7 Å². The monoisotopic (exact) mass is 420 g/mol. The third-order valence-electron chi connectivity index (χ3n) is 4.85. The van der Waals surface area contributed by atoms with Crippen LogP contribution in [-0.4, -0.2) is 39.3 Å². The lowest BCUT2D eigenvalue weighted by atomic mass is 10.0. The van der Waals surface area contributed by atoms with Crippen molar-refractivity contribution in [1.29, 1.82) is 0 Å². The molecule has 0 spiro atoms. The van der Waals surface area contributed by atoms with Gasteiger partial charge >= 0.3 is 6.03 Å². The van der Waals surface area contributed by atoms with E-state index in [0.29, 0.717) is 28.8 Å². The van der Waals surface area contributed by atoms with E-state index >= 15 is 0 Å². The normalized spacial score (nSPS) is 10.4. The van der Waals surface area contributed by atoms with Crippen molar-refractivity contribution in [3.05, 3.63) is 46.0 Å². The topological polar surface area (TPSA) is 60.0 Å². The molecule has 0 aliphatic carbocycles. The van der Waals surface area contributed by atoms with Crippen LogP contribution in [0.2, 0.25) is 5.02 Å². The Labute approximate surface area is 177 Å². The summed E-state index contributed by atoms with van der Waals surface area (Å²) in [6, 6.07) is 7.26. The first-order chi connectivity index (χ1) is 13.9. The van der Waals surface area contributed by atoms with Gasteiger partial charge in [-0.15, -0.1) is 0 Å². The van der Waals surface area contributed by atoms with Crippen LogP contribution in [0.4, 0.5) is 10.5 Å². The number of amides is 2. The number of hydrogen-bond donors (Lipinski definition) is 1. The zero-order valence-corrected chi connectivity index (χ0v) is 18.6. The Kier molecular flexibility index (Phi) is 8.02. The van der Waals surface area contributed by atoms with Crippen molar-refractivity contribution >= 4 is 23.3 Å². The molecule has 0 unspecified atom stereocenters. The third-order valence-corrected chi connectivity index (χ3v) is 5.20. The van der Waals surface area contributed by atoms with Gasteiger partial charge in [0.25, 0.3) is 0 Å². The maximum Gasteiger partial charge on any atom is 0.321 e. The fourth-order valence-electron chi connectivity index (χ4n) is 3.28. The molecule has 7 heteroatoms. The van der Waals surface area contributed by atoms with Crippen molar-refractivity contribution in [1.82, 2.24) is 4.90 Å². The summed E-state index contributed by atoms with van der Waals surface area (Å²) in [6.07, 6.45) is 1.53. The van der Waals surface area contributed by atoms with Crippen molar-refractivity contribution < 1.29 is 19.0 Å². The van der Waals surface area contributed by atoms with Crippen LogP contribution < -0.4 is 19.5 Å². The molecule has 0 aliphatic rings. The van der Waals surface area contributed by atoms with Gasteiger partial charge in [-0.05, 0) is 42.2 Å². The Morgan fingerprint density at radius 1 is 0.966 bits per heavy atom. The average Bonchev–Trinajstić information content (AvgIpc) is 2.73. The molecular weight excluding hydrogens is 392 g/mol. The minimum atomic E-state index is -0.228. The highest BCUT2D eigenvalue weighted by atomic mass is 35.5. The van der Waals surface area contributed by atoms with Gasteiger partial charge in [-0.25, -0.2) is 4.79 Å². The molecular formula is C22H29ClN2O4. The van der Waals surface area contributed by atoms with Crippen molar-refractivity contribution in [2.45, 2.75) is 33.2 Å². The summed E-state index contributed by atoms with van der Waals surface area (Å²) in [6.45, 7) is 4.41. The third kappa shape index (κ3) is 4.88. The van der Waals surface area contributed by atoms with Crippen LogP contribution in [0.3, 0.4) is 0 Å². The van der Waals surface area contributed by atoms with Gasteiger partial charge in [0, 0.05) is 17.6 Å². The number of aryl methyl sites for hydroxylation is 1. The predicted octanol–water partition coefficient (Wildman–Crippen LogP) is 5.15. The van der Waals surface area contributed by atoms with Gasteiger partial charge in [-0.3, -0.25) is 0 Å². The lowest BCUT2D eigenvalue weighted by molar-refractivity contribution is 0.220. The zero-order chi connectivity index (χ0) is 21.6. The number of nitrogens with zero attached hydrogens (tertiary/aromatic N) is 1. The smallest absolute Gasteiger partial charge is 0.321 e. The average molecular weight is 421 g/mol. The first-order valence-electron chi connectivity index (χ1n) is 9.51. The standard InChI is InChI=1S/C22H29ClN2O4/c1-7-14-9-11-17(23)16(8-2)19(14)24-22(26)25(3)13-15-10-12-18(27-4)21(29-6)20(15)28-5/h9-12H,7-8,13H2,1-6H3,(H,24,26). The van der Waals surface area contributed by atoms with E-state index in [0.717, 1.165) is 35.2 Å². The molecule has 0 saturated heterocycles. The first-order valence-corrected chi connectivity index (χ1v) is 9.89. The molecule has 1 N–H and O–H groups in total. The van der Waals surface area contributed by atoms with Crippen LogP contribution in [-0.2, 0) is 19.4 Å². The number of urea groups is 1. The Bertz CT molecular complexity index is 870. The second-order valence-corrected chi connectivity index (χ2v) is 6.95. The molecule has 0 aromatic heterocycles. The van der Waals surface area contributed by atoms with E-state index in [9.17, 15) is 4.79 Å². The van der Waals surface area contributed by atoms with Crippen LogP contribution in [0.25, 0.3) is 0 Å². The van der Waals surface area contributed by atoms with Gasteiger partial charge in [-0.2, -0.15) is 0 Å². The molecule has 29 heavy (non-hydrogen) atoms. The maximum atomic E-state index is 12.9. The zero-order valence-electron chi connectivity index (χ0n) is 17.9. The van der Waals surface area contributed by atoms with Crippen molar-refractivity contribution in [3.8, 4) is 17.2 Å².